The zero-order valence-corrected chi connectivity index (χ0v) is 23.5. The standard InChI is InChI=1S/C31H35ClF3N5O/c32-28-4-1-2-5-29(28)38-23-10-14-39(15-11-23)19-21-6-9-30-26(16-21)27(20-40(30)13-3-12-36)25-8-7-24(17-22(25)18-37)41-31(33,34)35/h1-2,4-9,16-17,20,23,38H,3,10-15,18-19,36-37H2. The van der Waals surface area contributed by atoms with Gasteiger partial charge in [-0.15, -0.1) is 13.2 Å². The van der Waals surface area contributed by atoms with E-state index in [1.165, 1.54) is 17.7 Å². The van der Waals surface area contributed by atoms with Gasteiger partial charge in [-0.2, -0.15) is 0 Å². The second-order valence-electron chi connectivity index (χ2n) is 10.5. The van der Waals surface area contributed by atoms with Gasteiger partial charge in [0.25, 0.3) is 0 Å². The van der Waals surface area contributed by atoms with Crippen LogP contribution in [0.4, 0.5) is 18.9 Å². The average Bonchev–Trinajstić information content (AvgIpc) is 3.30. The van der Waals surface area contributed by atoms with E-state index in [1.54, 1.807) is 6.07 Å². The van der Waals surface area contributed by atoms with E-state index in [4.69, 9.17) is 23.1 Å². The molecule has 10 heteroatoms. The summed E-state index contributed by atoms with van der Waals surface area (Å²) in [5.41, 5.74) is 17.3. The van der Waals surface area contributed by atoms with Crippen molar-refractivity contribution in [2.75, 3.05) is 25.0 Å². The first-order valence-electron chi connectivity index (χ1n) is 13.9. The number of hydrogen-bond acceptors (Lipinski definition) is 5. The quantitative estimate of drug-likeness (QED) is 0.192. The Balaban J connectivity index is 1.37. The Morgan fingerprint density at radius 2 is 1.76 bits per heavy atom. The lowest BCUT2D eigenvalue weighted by Crippen LogP contribution is -2.38. The fourth-order valence-electron chi connectivity index (χ4n) is 5.59. The molecule has 1 aliphatic heterocycles. The predicted molar refractivity (Wildman–Crippen MR) is 159 cm³/mol. The first kappa shape index (κ1) is 29.3. The molecule has 0 aliphatic carbocycles. The number of para-hydroxylation sites is 1. The average molecular weight is 586 g/mol. The topological polar surface area (TPSA) is 81.5 Å². The highest BCUT2D eigenvalue weighted by molar-refractivity contribution is 6.33. The largest absolute Gasteiger partial charge is 0.573 e. The van der Waals surface area contributed by atoms with Crippen LogP contribution in [0.3, 0.4) is 0 Å². The Bertz CT molecular complexity index is 1480. The maximum absolute atomic E-state index is 12.8. The molecule has 5 rings (SSSR count). The SMILES string of the molecule is NCCCn1cc(-c2ccc(OC(F)(F)F)cc2CN)c2cc(CN3CCC(Nc4ccccc4Cl)CC3)ccc21. The van der Waals surface area contributed by atoms with E-state index in [2.05, 4.69) is 43.9 Å². The molecule has 2 heterocycles. The lowest BCUT2D eigenvalue weighted by atomic mass is 9.97. The summed E-state index contributed by atoms with van der Waals surface area (Å²) in [5.74, 6) is -0.276. The second kappa shape index (κ2) is 12.7. The van der Waals surface area contributed by atoms with Gasteiger partial charge in [0.1, 0.15) is 5.75 Å². The molecule has 6 nitrogen and oxygen atoms in total. The number of nitrogens with two attached hydrogens (primary N) is 2. The second-order valence-corrected chi connectivity index (χ2v) is 10.9. The van der Waals surface area contributed by atoms with Gasteiger partial charge in [-0.25, -0.2) is 0 Å². The summed E-state index contributed by atoms with van der Waals surface area (Å²) in [5, 5.41) is 5.35. The van der Waals surface area contributed by atoms with Crippen LogP contribution in [0.5, 0.6) is 5.75 Å². The molecule has 1 fully saturated rings. The van der Waals surface area contributed by atoms with Crippen molar-refractivity contribution < 1.29 is 17.9 Å². The van der Waals surface area contributed by atoms with Crippen molar-refractivity contribution in [1.82, 2.24) is 9.47 Å². The van der Waals surface area contributed by atoms with Crippen molar-refractivity contribution in [3.05, 3.63) is 83.0 Å². The Kier molecular flexibility index (Phi) is 9.09. The minimum atomic E-state index is -4.76. The third-order valence-electron chi connectivity index (χ3n) is 7.60. The highest BCUT2D eigenvalue weighted by Crippen LogP contribution is 2.36. The van der Waals surface area contributed by atoms with E-state index in [0.29, 0.717) is 18.2 Å². The lowest BCUT2D eigenvalue weighted by Gasteiger charge is -2.33. The minimum Gasteiger partial charge on any atom is -0.406 e. The van der Waals surface area contributed by atoms with Gasteiger partial charge < -0.3 is 26.1 Å². The van der Waals surface area contributed by atoms with Crippen LogP contribution in [0.2, 0.25) is 5.02 Å². The summed E-state index contributed by atoms with van der Waals surface area (Å²) in [7, 11) is 0. The van der Waals surface area contributed by atoms with E-state index in [1.807, 2.05) is 24.3 Å². The Morgan fingerprint density at radius 1 is 0.976 bits per heavy atom. The van der Waals surface area contributed by atoms with Crippen molar-refractivity contribution >= 4 is 28.2 Å². The number of halogens is 4. The van der Waals surface area contributed by atoms with Crippen LogP contribution in [0.1, 0.15) is 30.4 Å². The van der Waals surface area contributed by atoms with Crippen LogP contribution in [0, 0.1) is 0 Å². The monoisotopic (exact) mass is 585 g/mol. The number of piperidine rings is 1. The maximum atomic E-state index is 12.8. The summed E-state index contributed by atoms with van der Waals surface area (Å²) in [6.45, 7) is 4.11. The van der Waals surface area contributed by atoms with Gasteiger partial charge in [-0.3, -0.25) is 4.90 Å². The van der Waals surface area contributed by atoms with E-state index >= 15 is 0 Å². The molecule has 3 aromatic carbocycles. The van der Waals surface area contributed by atoms with Crippen molar-refractivity contribution in [3.8, 4) is 16.9 Å². The number of alkyl halides is 3. The van der Waals surface area contributed by atoms with Crippen LogP contribution >= 0.6 is 11.6 Å². The molecule has 0 bridgehead atoms. The number of ether oxygens (including phenoxy) is 1. The molecule has 0 atom stereocenters. The van der Waals surface area contributed by atoms with Crippen molar-refractivity contribution in [2.45, 2.75) is 51.3 Å². The van der Waals surface area contributed by atoms with Gasteiger partial charge in [0.05, 0.1) is 10.7 Å². The van der Waals surface area contributed by atoms with Crippen molar-refractivity contribution in [2.24, 2.45) is 11.5 Å². The van der Waals surface area contributed by atoms with Gasteiger partial charge >= 0.3 is 6.36 Å². The third kappa shape index (κ3) is 7.16. The van der Waals surface area contributed by atoms with E-state index in [9.17, 15) is 13.2 Å². The molecule has 0 unspecified atom stereocenters. The van der Waals surface area contributed by atoms with Gasteiger partial charge in [0, 0.05) is 61.4 Å². The molecule has 1 aromatic heterocycles. The normalized spacial score (nSPS) is 15.0. The number of fused-ring (bicyclic) bond motifs is 1. The molecule has 4 aromatic rings. The van der Waals surface area contributed by atoms with Gasteiger partial charge in [-0.1, -0.05) is 35.9 Å². The van der Waals surface area contributed by atoms with Crippen LogP contribution in [0.25, 0.3) is 22.0 Å². The molecular formula is C31H35ClF3N5O. The Labute approximate surface area is 243 Å². The molecule has 41 heavy (non-hydrogen) atoms. The number of aromatic nitrogens is 1. The van der Waals surface area contributed by atoms with Gasteiger partial charge in [0.15, 0.2) is 0 Å². The van der Waals surface area contributed by atoms with E-state index in [0.717, 1.165) is 78.2 Å². The van der Waals surface area contributed by atoms with Crippen molar-refractivity contribution in [1.29, 1.82) is 0 Å². The highest BCUT2D eigenvalue weighted by atomic mass is 35.5. The van der Waals surface area contributed by atoms with E-state index < -0.39 is 6.36 Å². The smallest absolute Gasteiger partial charge is 0.406 e. The number of anilines is 1. The molecule has 0 radical (unpaired) electrons. The number of likely N-dealkylation sites (tertiary alicyclic amines) is 1. The van der Waals surface area contributed by atoms with Crippen LogP contribution < -0.4 is 21.5 Å². The summed E-state index contributed by atoms with van der Waals surface area (Å²) >= 11 is 6.33. The summed E-state index contributed by atoms with van der Waals surface area (Å²) in [6.07, 6.45) is 0.124. The van der Waals surface area contributed by atoms with Crippen LogP contribution in [0.15, 0.2) is 66.9 Å². The molecule has 218 valence electrons. The van der Waals surface area contributed by atoms with Crippen molar-refractivity contribution in [3.63, 3.8) is 0 Å². The Hall–Kier alpha value is -3.24. The Morgan fingerprint density at radius 3 is 2.46 bits per heavy atom. The maximum Gasteiger partial charge on any atom is 0.573 e. The van der Waals surface area contributed by atoms with E-state index in [-0.39, 0.29) is 12.3 Å². The predicted octanol–water partition coefficient (Wildman–Crippen LogP) is 6.74. The number of hydrogen-bond donors (Lipinski definition) is 3. The zero-order valence-electron chi connectivity index (χ0n) is 22.8. The molecule has 1 saturated heterocycles. The first-order chi connectivity index (χ1) is 19.7. The number of rotatable bonds is 10. The first-order valence-corrected chi connectivity index (χ1v) is 14.3. The highest BCUT2D eigenvalue weighted by Gasteiger charge is 2.31. The number of nitrogens with one attached hydrogen (secondary N) is 1. The van der Waals surface area contributed by atoms with Gasteiger partial charge in [-0.05, 0) is 78.9 Å². The number of aryl methyl sites for hydroxylation is 1. The molecule has 0 saturated carbocycles. The molecule has 5 N–H and O–H groups in total. The summed E-state index contributed by atoms with van der Waals surface area (Å²) in [4.78, 5) is 2.45. The van der Waals surface area contributed by atoms with Gasteiger partial charge in [0.2, 0.25) is 0 Å². The lowest BCUT2D eigenvalue weighted by molar-refractivity contribution is -0.274. The zero-order chi connectivity index (χ0) is 29.0. The number of benzene rings is 3. The fourth-order valence-corrected chi connectivity index (χ4v) is 5.78. The fraction of sp³-hybridized carbons (Fsp3) is 0.355. The van der Waals surface area contributed by atoms with Crippen LogP contribution in [-0.2, 0) is 19.6 Å². The summed E-state index contributed by atoms with van der Waals surface area (Å²) in [6, 6.07) is 19.0. The minimum absolute atomic E-state index is 0.0801. The molecular weight excluding hydrogens is 551 g/mol. The third-order valence-corrected chi connectivity index (χ3v) is 7.93. The summed E-state index contributed by atoms with van der Waals surface area (Å²) < 4.78 is 44.8. The molecule has 0 amide bonds. The molecule has 0 spiro atoms. The van der Waals surface area contributed by atoms with Crippen LogP contribution in [-0.4, -0.2) is 41.5 Å². The molecule has 1 aliphatic rings. The number of nitrogens with zero attached hydrogens (tertiary/aromatic N) is 2.